The molecule has 3 aromatic rings. The second-order valence-electron chi connectivity index (χ2n) is 9.70. The van der Waals surface area contributed by atoms with Crippen molar-refractivity contribution in [2.45, 2.75) is 32.7 Å². The van der Waals surface area contributed by atoms with Crippen molar-refractivity contribution >= 4 is 17.9 Å². The molecular formula is C28H32N6O3. The lowest BCUT2D eigenvalue weighted by molar-refractivity contribution is -0.133. The Bertz CT molecular complexity index is 1260. The Kier molecular flexibility index (Phi) is 7.30. The van der Waals surface area contributed by atoms with E-state index < -0.39 is 0 Å². The number of hydrogen-bond acceptors (Lipinski definition) is 6. The Hall–Kier alpha value is -4.01. The van der Waals surface area contributed by atoms with Gasteiger partial charge in [0.25, 0.3) is 0 Å². The number of amides is 2. The summed E-state index contributed by atoms with van der Waals surface area (Å²) in [6.07, 6.45) is 6.21. The van der Waals surface area contributed by atoms with Gasteiger partial charge in [0, 0.05) is 43.4 Å². The van der Waals surface area contributed by atoms with Gasteiger partial charge in [-0.25, -0.2) is 0 Å². The molecular weight excluding hydrogens is 468 g/mol. The Labute approximate surface area is 216 Å². The number of nitrogens with zero attached hydrogens (tertiary/aromatic N) is 6. The zero-order valence-corrected chi connectivity index (χ0v) is 21.1. The molecule has 0 atom stereocenters. The SMILES string of the molecule is CCOc1ccccc1/C=C/C(=O)N1CCC2(CC1)CCN(C(=O)Cn1nnc(-c3ccccc3)n1)C2. The van der Waals surface area contributed by atoms with Gasteiger partial charge in [0.15, 0.2) is 0 Å². The molecule has 5 rings (SSSR count). The van der Waals surface area contributed by atoms with Crippen molar-refractivity contribution in [1.29, 1.82) is 0 Å². The van der Waals surface area contributed by atoms with Gasteiger partial charge >= 0.3 is 0 Å². The first-order valence-electron chi connectivity index (χ1n) is 12.9. The summed E-state index contributed by atoms with van der Waals surface area (Å²) in [6, 6.07) is 17.3. The summed E-state index contributed by atoms with van der Waals surface area (Å²) in [5.41, 5.74) is 1.84. The standard InChI is InChI=1S/C28H32N6O3/c1-2-37-24-11-7-6-8-22(24)12-13-25(35)32-17-14-28(15-18-32)16-19-33(21-28)26(36)20-34-30-27(29-31-34)23-9-4-3-5-10-23/h3-13H,2,14-21H2,1H3/b13-12+. The summed E-state index contributed by atoms with van der Waals surface area (Å²) >= 11 is 0. The van der Waals surface area contributed by atoms with E-state index in [1.54, 1.807) is 6.08 Å². The Balaban J connectivity index is 1.12. The van der Waals surface area contributed by atoms with Crippen LogP contribution in [-0.4, -0.2) is 74.6 Å². The van der Waals surface area contributed by atoms with E-state index in [1.807, 2.05) is 77.4 Å². The summed E-state index contributed by atoms with van der Waals surface area (Å²) < 4.78 is 5.65. The first-order valence-corrected chi connectivity index (χ1v) is 12.9. The van der Waals surface area contributed by atoms with Gasteiger partial charge in [-0.15, -0.1) is 10.2 Å². The molecule has 0 unspecified atom stereocenters. The van der Waals surface area contributed by atoms with Crippen molar-refractivity contribution in [2.24, 2.45) is 5.41 Å². The van der Waals surface area contributed by atoms with Gasteiger partial charge in [-0.05, 0) is 49.0 Å². The lowest BCUT2D eigenvalue weighted by Gasteiger charge is -2.38. The third-order valence-corrected chi connectivity index (χ3v) is 7.31. The number of carbonyl (C=O) groups is 2. The first kappa shape index (κ1) is 24.7. The van der Waals surface area contributed by atoms with Gasteiger partial charge in [0.2, 0.25) is 17.6 Å². The predicted octanol–water partition coefficient (Wildman–Crippen LogP) is 3.29. The van der Waals surface area contributed by atoms with Crippen LogP contribution in [0.15, 0.2) is 60.7 Å². The molecule has 37 heavy (non-hydrogen) atoms. The van der Waals surface area contributed by atoms with E-state index in [-0.39, 0.29) is 23.8 Å². The van der Waals surface area contributed by atoms with Crippen LogP contribution in [-0.2, 0) is 16.1 Å². The Morgan fingerprint density at radius 2 is 1.68 bits per heavy atom. The van der Waals surface area contributed by atoms with Crippen LogP contribution in [0.2, 0.25) is 0 Å². The van der Waals surface area contributed by atoms with Crippen molar-refractivity contribution < 1.29 is 14.3 Å². The third kappa shape index (κ3) is 5.71. The van der Waals surface area contributed by atoms with E-state index in [0.717, 1.165) is 42.7 Å². The zero-order chi connectivity index (χ0) is 25.7. The van der Waals surface area contributed by atoms with Gasteiger partial charge in [0.05, 0.1) is 6.61 Å². The molecule has 9 nitrogen and oxygen atoms in total. The average Bonchev–Trinajstić information content (AvgIpc) is 3.57. The van der Waals surface area contributed by atoms with E-state index in [0.29, 0.717) is 32.1 Å². The van der Waals surface area contributed by atoms with E-state index >= 15 is 0 Å². The quantitative estimate of drug-likeness (QED) is 0.462. The maximum Gasteiger partial charge on any atom is 0.246 e. The average molecular weight is 501 g/mol. The highest BCUT2D eigenvalue weighted by atomic mass is 16.5. The van der Waals surface area contributed by atoms with Crippen molar-refractivity contribution in [3.05, 3.63) is 66.2 Å². The van der Waals surface area contributed by atoms with Crippen LogP contribution in [0.25, 0.3) is 17.5 Å². The van der Waals surface area contributed by atoms with E-state index in [9.17, 15) is 9.59 Å². The van der Waals surface area contributed by atoms with E-state index in [4.69, 9.17) is 4.74 Å². The third-order valence-electron chi connectivity index (χ3n) is 7.31. The molecule has 9 heteroatoms. The number of likely N-dealkylation sites (tertiary alicyclic amines) is 2. The molecule has 0 radical (unpaired) electrons. The number of benzene rings is 2. The van der Waals surface area contributed by atoms with E-state index in [2.05, 4.69) is 15.4 Å². The molecule has 2 fully saturated rings. The summed E-state index contributed by atoms with van der Waals surface area (Å²) in [5, 5.41) is 12.5. The zero-order valence-electron chi connectivity index (χ0n) is 21.1. The number of rotatable bonds is 7. The molecule has 2 aromatic carbocycles. The van der Waals surface area contributed by atoms with Crippen LogP contribution < -0.4 is 4.74 Å². The number of carbonyl (C=O) groups excluding carboxylic acids is 2. The number of aromatic nitrogens is 4. The minimum atomic E-state index is 0.00305. The fourth-order valence-corrected chi connectivity index (χ4v) is 5.16. The lowest BCUT2D eigenvalue weighted by atomic mass is 9.78. The fourth-order valence-electron chi connectivity index (χ4n) is 5.16. The van der Waals surface area contributed by atoms with Crippen molar-refractivity contribution in [1.82, 2.24) is 30.0 Å². The lowest BCUT2D eigenvalue weighted by Crippen LogP contribution is -2.44. The molecule has 2 amide bonds. The number of hydrogen-bond donors (Lipinski definition) is 0. The van der Waals surface area contributed by atoms with Crippen LogP contribution >= 0.6 is 0 Å². The van der Waals surface area contributed by atoms with Gasteiger partial charge in [0.1, 0.15) is 12.3 Å². The predicted molar refractivity (Wildman–Crippen MR) is 139 cm³/mol. The molecule has 0 N–H and O–H groups in total. The molecule has 2 aliphatic rings. The largest absolute Gasteiger partial charge is 0.493 e. The first-order chi connectivity index (χ1) is 18.0. The van der Waals surface area contributed by atoms with Crippen LogP contribution in [0.1, 0.15) is 31.7 Å². The van der Waals surface area contributed by atoms with Crippen LogP contribution in [0.3, 0.4) is 0 Å². The molecule has 2 aliphatic heterocycles. The minimum Gasteiger partial charge on any atom is -0.493 e. The highest BCUT2D eigenvalue weighted by Crippen LogP contribution is 2.40. The Morgan fingerprint density at radius 3 is 2.43 bits per heavy atom. The second-order valence-corrected chi connectivity index (χ2v) is 9.70. The highest BCUT2D eigenvalue weighted by Gasteiger charge is 2.42. The van der Waals surface area contributed by atoms with E-state index in [1.165, 1.54) is 4.80 Å². The number of ether oxygens (including phenoxy) is 1. The maximum atomic E-state index is 13.0. The molecule has 0 saturated carbocycles. The summed E-state index contributed by atoms with van der Waals surface area (Å²) in [4.78, 5) is 31.0. The Morgan fingerprint density at radius 1 is 0.973 bits per heavy atom. The van der Waals surface area contributed by atoms with Gasteiger partial charge in [-0.2, -0.15) is 4.80 Å². The van der Waals surface area contributed by atoms with Crippen LogP contribution in [0.4, 0.5) is 0 Å². The highest BCUT2D eigenvalue weighted by molar-refractivity contribution is 5.92. The molecule has 3 heterocycles. The van der Waals surface area contributed by atoms with Crippen LogP contribution in [0.5, 0.6) is 5.75 Å². The minimum absolute atomic E-state index is 0.00305. The molecule has 2 saturated heterocycles. The molecule has 1 aromatic heterocycles. The number of tetrazole rings is 1. The molecule has 0 bridgehead atoms. The van der Waals surface area contributed by atoms with Crippen molar-refractivity contribution in [3.8, 4) is 17.1 Å². The van der Waals surface area contributed by atoms with Gasteiger partial charge in [-0.1, -0.05) is 48.5 Å². The molecule has 0 aliphatic carbocycles. The summed E-state index contributed by atoms with van der Waals surface area (Å²) in [6.45, 7) is 5.44. The van der Waals surface area contributed by atoms with Crippen molar-refractivity contribution in [3.63, 3.8) is 0 Å². The smallest absolute Gasteiger partial charge is 0.246 e. The number of para-hydroxylation sites is 1. The maximum absolute atomic E-state index is 13.0. The normalized spacial score (nSPS) is 17.0. The van der Waals surface area contributed by atoms with Crippen molar-refractivity contribution in [2.75, 3.05) is 32.8 Å². The fraction of sp³-hybridized carbons (Fsp3) is 0.393. The molecule has 1 spiro atoms. The summed E-state index contributed by atoms with van der Waals surface area (Å²) in [7, 11) is 0. The number of piperidine rings is 1. The second kappa shape index (κ2) is 10.9. The van der Waals surface area contributed by atoms with Gasteiger partial charge in [-0.3, -0.25) is 9.59 Å². The monoisotopic (exact) mass is 500 g/mol. The van der Waals surface area contributed by atoms with Crippen LogP contribution in [0, 0.1) is 5.41 Å². The summed E-state index contributed by atoms with van der Waals surface area (Å²) in [5.74, 6) is 1.31. The molecule has 192 valence electrons. The topological polar surface area (TPSA) is 93.5 Å². The van der Waals surface area contributed by atoms with Gasteiger partial charge < -0.3 is 14.5 Å².